The van der Waals surface area contributed by atoms with E-state index in [2.05, 4.69) is 17.1 Å². The Bertz CT molecular complexity index is 444. The second kappa shape index (κ2) is 6.41. The molecule has 1 aromatic rings. The lowest BCUT2D eigenvalue weighted by atomic mass is 10.2. The van der Waals surface area contributed by atoms with Crippen LogP contribution in [0.1, 0.15) is 49.1 Å². The first-order valence-corrected chi connectivity index (χ1v) is 8.57. The Labute approximate surface area is 125 Å². The molecular weight excluding hydrogens is 270 g/mol. The summed E-state index contributed by atoms with van der Waals surface area (Å²) in [5, 5.41) is 4.72. The lowest BCUT2D eigenvalue weighted by Gasteiger charge is -2.19. The molecule has 112 valence electrons. The average Bonchev–Trinajstić information content (AvgIpc) is 3.07. The van der Waals surface area contributed by atoms with Gasteiger partial charge in [-0.25, -0.2) is 4.98 Å². The minimum Gasteiger partial charge on any atom is -0.383 e. The topological polar surface area (TPSA) is 37.4 Å². The first kappa shape index (κ1) is 14.3. The number of nitrogens with one attached hydrogen (secondary N) is 1. The summed E-state index contributed by atoms with van der Waals surface area (Å²) < 4.78 is 5.09. The largest absolute Gasteiger partial charge is 0.383 e. The summed E-state index contributed by atoms with van der Waals surface area (Å²) >= 11 is 1.90. The monoisotopic (exact) mass is 295 g/mol. The van der Waals surface area contributed by atoms with Crippen molar-refractivity contribution in [2.75, 3.05) is 31.7 Å². The van der Waals surface area contributed by atoms with Crippen molar-refractivity contribution in [3.63, 3.8) is 0 Å². The molecule has 4 nitrogen and oxygen atoms in total. The summed E-state index contributed by atoms with van der Waals surface area (Å²) in [4.78, 5) is 8.91. The van der Waals surface area contributed by atoms with Gasteiger partial charge in [-0.2, -0.15) is 0 Å². The van der Waals surface area contributed by atoms with Gasteiger partial charge in [-0.1, -0.05) is 0 Å². The van der Waals surface area contributed by atoms with Crippen LogP contribution in [0.25, 0.3) is 0 Å². The zero-order chi connectivity index (χ0) is 13.9. The molecule has 2 fully saturated rings. The van der Waals surface area contributed by atoms with Crippen LogP contribution in [0.3, 0.4) is 0 Å². The van der Waals surface area contributed by atoms with Gasteiger partial charge in [-0.3, -0.25) is 0 Å². The van der Waals surface area contributed by atoms with Crippen LogP contribution in [-0.4, -0.2) is 37.8 Å². The number of anilines is 1. The van der Waals surface area contributed by atoms with Gasteiger partial charge in [-0.05, 0) is 32.6 Å². The van der Waals surface area contributed by atoms with Crippen LogP contribution in [0.4, 0.5) is 5.13 Å². The Hall–Kier alpha value is -0.650. The van der Waals surface area contributed by atoms with Crippen molar-refractivity contribution >= 4 is 16.5 Å². The quantitative estimate of drug-likeness (QED) is 0.785. The van der Waals surface area contributed by atoms with Crippen molar-refractivity contribution in [3.05, 3.63) is 10.6 Å². The molecule has 1 N–H and O–H groups in total. The average molecular weight is 295 g/mol. The SMILES string of the molecule is COCCNCc1sc(N2CCCC2C)nc1C1CC1. The van der Waals surface area contributed by atoms with E-state index in [-0.39, 0.29) is 0 Å². The van der Waals surface area contributed by atoms with E-state index in [4.69, 9.17) is 9.72 Å². The zero-order valence-corrected chi connectivity index (χ0v) is 13.3. The van der Waals surface area contributed by atoms with Gasteiger partial charge in [0.05, 0.1) is 12.3 Å². The standard InChI is InChI=1S/C15H25N3OS/c1-11-4-3-8-18(11)15-17-14(12-5-6-12)13(20-15)10-16-7-9-19-2/h11-12,16H,3-10H2,1-2H3. The number of rotatable bonds is 7. The zero-order valence-electron chi connectivity index (χ0n) is 12.5. The van der Waals surface area contributed by atoms with E-state index in [9.17, 15) is 0 Å². The van der Waals surface area contributed by atoms with Gasteiger partial charge in [0.25, 0.3) is 0 Å². The number of hydrogen-bond donors (Lipinski definition) is 1. The molecule has 1 atom stereocenters. The van der Waals surface area contributed by atoms with Crippen molar-refractivity contribution in [2.24, 2.45) is 0 Å². The van der Waals surface area contributed by atoms with Crippen LogP contribution in [0, 0.1) is 0 Å². The second-order valence-corrected chi connectivity index (χ2v) is 7.00. The fraction of sp³-hybridized carbons (Fsp3) is 0.800. The number of ether oxygens (including phenoxy) is 1. The fourth-order valence-corrected chi connectivity index (χ4v) is 4.11. The molecule has 5 heteroatoms. The third-order valence-corrected chi connectivity index (χ3v) is 5.36. The van der Waals surface area contributed by atoms with Gasteiger partial charge in [0.2, 0.25) is 0 Å². The first-order chi connectivity index (χ1) is 9.79. The van der Waals surface area contributed by atoms with Gasteiger partial charge < -0.3 is 15.0 Å². The maximum atomic E-state index is 5.09. The van der Waals surface area contributed by atoms with E-state index in [1.54, 1.807) is 7.11 Å². The van der Waals surface area contributed by atoms with E-state index in [1.165, 1.54) is 47.9 Å². The molecule has 2 heterocycles. The smallest absolute Gasteiger partial charge is 0.186 e. The van der Waals surface area contributed by atoms with E-state index in [1.807, 2.05) is 11.3 Å². The van der Waals surface area contributed by atoms with Gasteiger partial charge in [-0.15, -0.1) is 11.3 Å². The molecule has 20 heavy (non-hydrogen) atoms. The molecule has 1 saturated carbocycles. The normalized spacial score (nSPS) is 22.7. The van der Waals surface area contributed by atoms with E-state index in [0.29, 0.717) is 6.04 Å². The van der Waals surface area contributed by atoms with E-state index < -0.39 is 0 Å². The van der Waals surface area contributed by atoms with Crippen LogP contribution >= 0.6 is 11.3 Å². The molecule has 1 unspecified atom stereocenters. The minimum atomic E-state index is 0.655. The maximum absolute atomic E-state index is 5.09. The lowest BCUT2D eigenvalue weighted by molar-refractivity contribution is 0.199. The Morgan fingerprint density at radius 3 is 2.90 bits per heavy atom. The molecule has 1 aliphatic carbocycles. The van der Waals surface area contributed by atoms with Crippen molar-refractivity contribution < 1.29 is 4.74 Å². The number of nitrogens with zero attached hydrogens (tertiary/aromatic N) is 2. The summed E-state index contributed by atoms with van der Waals surface area (Å²) in [7, 11) is 1.75. The third kappa shape index (κ3) is 3.15. The van der Waals surface area contributed by atoms with Crippen LogP contribution in [0.5, 0.6) is 0 Å². The van der Waals surface area contributed by atoms with Crippen molar-refractivity contribution in [1.29, 1.82) is 0 Å². The molecule has 0 spiro atoms. The summed E-state index contributed by atoms with van der Waals surface area (Å²) in [6.45, 7) is 6.12. The highest BCUT2D eigenvalue weighted by Gasteiger charge is 2.31. The summed E-state index contributed by atoms with van der Waals surface area (Å²) in [5.74, 6) is 0.733. The lowest BCUT2D eigenvalue weighted by Crippen LogP contribution is -2.25. The van der Waals surface area contributed by atoms with E-state index >= 15 is 0 Å². The molecular formula is C15H25N3OS. The van der Waals surface area contributed by atoms with Crippen LogP contribution in [0.2, 0.25) is 0 Å². The Morgan fingerprint density at radius 2 is 2.25 bits per heavy atom. The molecule has 0 aromatic carbocycles. The van der Waals surface area contributed by atoms with Gasteiger partial charge in [0.15, 0.2) is 5.13 Å². The van der Waals surface area contributed by atoms with Crippen molar-refractivity contribution in [1.82, 2.24) is 10.3 Å². The number of methoxy groups -OCH3 is 1. The highest BCUT2D eigenvalue weighted by molar-refractivity contribution is 7.15. The molecule has 3 rings (SSSR count). The molecule has 1 aliphatic heterocycles. The van der Waals surface area contributed by atoms with Crippen LogP contribution in [0.15, 0.2) is 0 Å². The Morgan fingerprint density at radius 1 is 1.40 bits per heavy atom. The minimum absolute atomic E-state index is 0.655. The van der Waals surface area contributed by atoms with Crippen LogP contribution in [-0.2, 0) is 11.3 Å². The van der Waals surface area contributed by atoms with E-state index in [0.717, 1.165) is 25.6 Å². The molecule has 0 bridgehead atoms. The predicted molar refractivity (Wildman–Crippen MR) is 83.7 cm³/mol. The first-order valence-electron chi connectivity index (χ1n) is 7.75. The summed E-state index contributed by atoms with van der Waals surface area (Å²) in [5.41, 5.74) is 1.37. The third-order valence-electron chi connectivity index (χ3n) is 4.25. The summed E-state index contributed by atoms with van der Waals surface area (Å²) in [6.07, 6.45) is 5.26. The molecule has 1 aromatic heterocycles. The second-order valence-electron chi connectivity index (χ2n) is 5.93. The number of thiazole rings is 1. The number of aromatic nitrogens is 1. The highest BCUT2D eigenvalue weighted by Crippen LogP contribution is 2.44. The molecule has 2 aliphatic rings. The molecule has 1 saturated heterocycles. The van der Waals surface area contributed by atoms with Crippen LogP contribution < -0.4 is 10.2 Å². The maximum Gasteiger partial charge on any atom is 0.186 e. The van der Waals surface area contributed by atoms with Crippen molar-refractivity contribution in [2.45, 2.75) is 51.1 Å². The number of hydrogen-bond acceptors (Lipinski definition) is 5. The van der Waals surface area contributed by atoms with Gasteiger partial charge in [0, 0.05) is 43.6 Å². The predicted octanol–water partition coefficient (Wildman–Crippen LogP) is 2.75. The Kier molecular flexibility index (Phi) is 4.58. The molecule has 0 amide bonds. The fourth-order valence-electron chi connectivity index (χ4n) is 2.87. The highest BCUT2D eigenvalue weighted by atomic mass is 32.1. The van der Waals surface area contributed by atoms with Crippen molar-refractivity contribution in [3.8, 4) is 0 Å². The van der Waals surface area contributed by atoms with Gasteiger partial charge in [0.1, 0.15) is 0 Å². The Balaban J connectivity index is 1.69. The van der Waals surface area contributed by atoms with Gasteiger partial charge >= 0.3 is 0 Å². The molecule has 0 radical (unpaired) electrons. The summed E-state index contributed by atoms with van der Waals surface area (Å²) in [6, 6.07) is 0.655.